The van der Waals surface area contributed by atoms with Crippen molar-refractivity contribution in [2.75, 3.05) is 19.4 Å². The van der Waals surface area contributed by atoms with Crippen molar-refractivity contribution < 1.29 is 17.5 Å². The largest absolute Gasteiger partial charge is 0.372 e. The second-order valence-corrected chi connectivity index (χ2v) is 7.26. The Morgan fingerprint density at radius 3 is 2.45 bits per heavy atom. The van der Waals surface area contributed by atoms with Gasteiger partial charge < -0.3 is 4.74 Å². The van der Waals surface area contributed by atoms with Gasteiger partial charge in [0.15, 0.2) is 0 Å². The lowest BCUT2D eigenvalue weighted by Gasteiger charge is -2.29. The van der Waals surface area contributed by atoms with Crippen LogP contribution in [0, 0.1) is 11.7 Å². The van der Waals surface area contributed by atoms with Crippen LogP contribution < -0.4 is 4.72 Å². The highest BCUT2D eigenvalue weighted by Gasteiger charge is 2.30. The summed E-state index contributed by atoms with van der Waals surface area (Å²) >= 11 is 0. The molecule has 114 valence electrons. The van der Waals surface area contributed by atoms with E-state index >= 15 is 0 Å². The van der Waals surface area contributed by atoms with Gasteiger partial charge in [-0.05, 0) is 18.9 Å². The Kier molecular flexibility index (Phi) is 5.68. The quantitative estimate of drug-likeness (QED) is 0.840. The van der Waals surface area contributed by atoms with Crippen LogP contribution in [0.1, 0.15) is 26.3 Å². The van der Waals surface area contributed by atoms with E-state index in [2.05, 4.69) is 4.72 Å². The van der Waals surface area contributed by atoms with Gasteiger partial charge in [0.25, 0.3) is 0 Å². The average molecular weight is 303 g/mol. The Bertz CT molecular complexity index is 545. The number of hydrogen-bond donors (Lipinski definition) is 1. The molecule has 0 aliphatic rings. The topological polar surface area (TPSA) is 55.4 Å². The number of ether oxygens (including phenoxy) is 1. The van der Waals surface area contributed by atoms with Gasteiger partial charge in [0.05, 0.1) is 5.75 Å². The van der Waals surface area contributed by atoms with Gasteiger partial charge in [0.1, 0.15) is 11.4 Å². The maximum Gasteiger partial charge on any atom is 0.211 e. The summed E-state index contributed by atoms with van der Waals surface area (Å²) in [6.07, 6.45) is 0. The Balaban J connectivity index is 2.90. The summed E-state index contributed by atoms with van der Waals surface area (Å²) in [5, 5.41) is 0. The molecule has 0 amide bonds. The van der Waals surface area contributed by atoms with Crippen molar-refractivity contribution in [3.05, 3.63) is 35.6 Å². The van der Waals surface area contributed by atoms with Crippen LogP contribution in [-0.4, -0.2) is 27.8 Å². The lowest BCUT2D eigenvalue weighted by Crippen LogP contribution is -2.42. The van der Waals surface area contributed by atoms with E-state index in [1.165, 1.54) is 13.2 Å². The molecular weight excluding hydrogens is 281 g/mol. The van der Waals surface area contributed by atoms with Crippen molar-refractivity contribution in [2.45, 2.75) is 26.4 Å². The summed E-state index contributed by atoms with van der Waals surface area (Å²) in [6, 6.07) is 6.20. The fourth-order valence-electron chi connectivity index (χ4n) is 1.91. The van der Waals surface area contributed by atoms with E-state index in [1.807, 2.05) is 13.8 Å². The minimum atomic E-state index is -3.40. The summed E-state index contributed by atoms with van der Waals surface area (Å²) in [4.78, 5) is 0. The zero-order chi connectivity index (χ0) is 15.4. The van der Waals surface area contributed by atoms with Gasteiger partial charge in [-0.2, -0.15) is 0 Å². The third kappa shape index (κ3) is 4.54. The van der Waals surface area contributed by atoms with Gasteiger partial charge in [-0.1, -0.05) is 32.0 Å². The number of halogens is 1. The fraction of sp³-hybridized carbons (Fsp3) is 0.571. The van der Waals surface area contributed by atoms with E-state index in [9.17, 15) is 12.8 Å². The minimum Gasteiger partial charge on any atom is -0.372 e. The zero-order valence-corrected chi connectivity index (χ0v) is 13.1. The molecule has 1 unspecified atom stereocenters. The molecule has 0 aromatic heterocycles. The molecule has 1 rings (SSSR count). The van der Waals surface area contributed by atoms with Crippen molar-refractivity contribution in [3.8, 4) is 0 Å². The molecule has 0 saturated heterocycles. The lowest BCUT2D eigenvalue weighted by atomic mass is 9.95. The first-order chi connectivity index (χ1) is 9.20. The predicted molar refractivity (Wildman–Crippen MR) is 77.4 cm³/mol. The smallest absolute Gasteiger partial charge is 0.211 e. The third-order valence-electron chi connectivity index (χ3n) is 3.08. The maximum absolute atomic E-state index is 13.8. The number of rotatable bonds is 7. The molecule has 20 heavy (non-hydrogen) atoms. The van der Waals surface area contributed by atoms with Crippen molar-refractivity contribution >= 4 is 10.0 Å². The average Bonchev–Trinajstić information content (AvgIpc) is 2.35. The molecule has 0 radical (unpaired) electrons. The third-order valence-corrected chi connectivity index (χ3v) is 4.77. The molecule has 0 saturated carbocycles. The van der Waals surface area contributed by atoms with Gasteiger partial charge >= 0.3 is 0 Å². The lowest BCUT2D eigenvalue weighted by molar-refractivity contribution is 0.00409. The Morgan fingerprint density at radius 1 is 1.35 bits per heavy atom. The summed E-state index contributed by atoms with van der Waals surface area (Å²) < 4.78 is 45.4. The van der Waals surface area contributed by atoms with Crippen LogP contribution in [0.3, 0.4) is 0 Å². The van der Waals surface area contributed by atoms with E-state index in [0.29, 0.717) is 5.56 Å². The second-order valence-electron chi connectivity index (χ2n) is 5.41. The summed E-state index contributed by atoms with van der Waals surface area (Å²) in [5.74, 6) is -0.362. The number of methoxy groups -OCH3 is 1. The molecule has 1 aromatic rings. The highest BCUT2D eigenvalue weighted by Crippen LogP contribution is 2.26. The highest BCUT2D eigenvalue weighted by atomic mass is 32.2. The van der Waals surface area contributed by atoms with Gasteiger partial charge in [-0.25, -0.2) is 17.5 Å². The number of benzene rings is 1. The molecule has 0 aliphatic carbocycles. The maximum atomic E-state index is 13.8. The second kappa shape index (κ2) is 6.65. The Morgan fingerprint density at radius 2 is 1.95 bits per heavy atom. The van der Waals surface area contributed by atoms with Gasteiger partial charge in [-0.15, -0.1) is 0 Å². The number of hydrogen-bond acceptors (Lipinski definition) is 3. The molecule has 0 heterocycles. The molecule has 6 heteroatoms. The first-order valence-electron chi connectivity index (χ1n) is 6.47. The van der Waals surface area contributed by atoms with E-state index in [4.69, 9.17) is 4.74 Å². The first kappa shape index (κ1) is 17.1. The molecular formula is C14H22FNO3S. The van der Waals surface area contributed by atoms with Gasteiger partial charge in [0.2, 0.25) is 10.0 Å². The number of nitrogens with one attached hydrogen (secondary N) is 1. The SMILES string of the molecule is COC(C)(CNS(=O)(=O)CC(C)C)c1ccccc1F. The van der Waals surface area contributed by atoms with E-state index in [1.54, 1.807) is 25.1 Å². The molecule has 1 N–H and O–H groups in total. The standard InChI is InChI=1S/C14H22FNO3S/c1-11(2)9-20(17,18)16-10-14(3,19-4)12-7-5-6-8-13(12)15/h5-8,11,16H,9-10H2,1-4H3. The van der Waals surface area contributed by atoms with E-state index < -0.39 is 21.4 Å². The van der Waals surface area contributed by atoms with Crippen molar-refractivity contribution in [1.82, 2.24) is 4.72 Å². The normalized spacial score (nSPS) is 15.3. The predicted octanol–water partition coefficient (Wildman–Crippen LogP) is 2.26. The monoisotopic (exact) mass is 303 g/mol. The molecule has 1 atom stereocenters. The Labute approximate surface area is 120 Å². The Hall–Kier alpha value is -0.980. The highest BCUT2D eigenvalue weighted by molar-refractivity contribution is 7.89. The van der Waals surface area contributed by atoms with Crippen LogP contribution in [0.4, 0.5) is 4.39 Å². The van der Waals surface area contributed by atoms with E-state index in [-0.39, 0.29) is 18.2 Å². The first-order valence-corrected chi connectivity index (χ1v) is 8.13. The van der Waals surface area contributed by atoms with Crippen LogP contribution in [0.25, 0.3) is 0 Å². The molecule has 1 aromatic carbocycles. The van der Waals surface area contributed by atoms with Crippen LogP contribution >= 0.6 is 0 Å². The molecule has 0 fully saturated rings. The molecule has 4 nitrogen and oxygen atoms in total. The van der Waals surface area contributed by atoms with Gasteiger partial charge in [-0.3, -0.25) is 0 Å². The summed E-state index contributed by atoms with van der Waals surface area (Å²) in [7, 11) is -1.96. The van der Waals surface area contributed by atoms with Crippen LogP contribution in [-0.2, 0) is 20.4 Å². The number of sulfonamides is 1. The molecule has 0 aliphatic heterocycles. The van der Waals surface area contributed by atoms with Crippen LogP contribution in [0.2, 0.25) is 0 Å². The minimum absolute atomic E-state index is 0.0144. The van der Waals surface area contributed by atoms with Crippen LogP contribution in [0.15, 0.2) is 24.3 Å². The van der Waals surface area contributed by atoms with E-state index in [0.717, 1.165) is 0 Å². The fourth-order valence-corrected chi connectivity index (χ4v) is 3.40. The zero-order valence-electron chi connectivity index (χ0n) is 12.3. The summed E-state index contributed by atoms with van der Waals surface area (Å²) in [5.41, 5.74) is -0.718. The van der Waals surface area contributed by atoms with Crippen molar-refractivity contribution in [2.24, 2.45) is 5.92 Å². The van der Waals surface area contributed by atoms with Crippen molar-refractivity contribution in [1.29, 1.82) is 0 Å². The summed E-state index contributed by atoms with van der Waals surface area (Å²) in [6.45, 7) is 5.29. The van der Waals surface area contributed by atoms with Crippen molar-refractivity contribution in [3.63, 3.8) is 0 Å². The molecule has 0 spiro atoms. The van der Waals surface area contributed by atoms with Crippen LogP contribution in [0.5, 0.6) is 0 Å². The van der Waals surface area contributed by atoms with Gasteiger partial charge in [0, 0.05) is 19.2 Å². The molecule has 0 bridgehead atoms.